The number of aromatic nitrogens is 2. The molecule has 8 heteroatoms. The average Bonchev–Trinajstić information content (AvgIpc) is 2.57. The van der Waals surface area contributed by atoms with Crippen LogP contribution in [0.25, 0.3) is 5.70 Å². The predicted molar refractivity (Wildman–Crippen MR) is 91.8 cm³/mol. The van der Waals surface area contributed by atoms with Crippen LogP contribution in [0.4, 0.5) is 0 Å². The Morgan fingerprint density at radius 3 is 2.54 bits per heavy atom. The lowest BCUT2D eigenvalue weighted by molar-refractivity contribution is -0.118. The van der Waals surface area contributed by atoms with Crippen LogP contribution >= 0.6 is 23.2 Å². The van der Waals surface area contributed by atoms with Crippen LogP contribution in [0.3, 0.4) is 0 Å². The van der Waals surface area contributed by atoms with Crippen LogP contribution in [0.15, 0.2) is 36.8 Å². The Morgan fingerprint density at radius 1 is 1.25 bits per heavy atom. The van der Waals surface area contributed by atoms with Crippen LogP contribution in [0.2, 0.25) is 10.0 Å². The number of carbonyl (C=O) groups is 1. The van der Waals surface area contributed by atoms with Crippen molar-refractivity contribution >= 4 is 34.8 Å². The van der Waals surface area contributed by atoms with E-state index in [9.17, 15) is 4.79 Å². The molecule has 1 aromatic carbocycles. The van der Waals surface area contributed by atoms with E-state index in [0.29, 0.717) is 16.5 Å². The topological polar surface area (TPSA) is 105 Å². The van der Waals surface area contributed by atoms with E-state index in [1.165, 1.54) is 6.20 Å². The van der Waals surface area contributed by atoms with E-state index in [4.69, 9.17) is 34.2 Å². The fourth-order valence-electron chi connectivity index (χ4n) is 1.91. The number of carbonyl (C=O) groups excluding carboxylic acids is 1. The van der Waals surface area contributed by atoms with Crippen molar-refractivity contribution in [1.82, 2.24) is 15.3 Å². The Kier molecular flexibility index (Phi) is 6.13. The van der Waals surface area contributed by atoms with Gasteiger partial charge in [0.2, 0.25) is 5.91 Å². The van der Waals surface area contributed by atoms with Gasteiger partial charge in [0.15, 0.2) is 5.82 Å². The quantitative estimate of drug-likeness (QED) is 0.851. The zero-order chi connectivity index (χ0) is 17.5. The van der Waals surface area contributed by atoms with Crippen LogP contribution in [0.5, 0.6) is 0 Å². The van der Waals surface area contributed by atoms with E-state index in [1.54, 1.807) is 30.6 Å². The Morgan fingerprint density at radius 2 is 1.96 bits per heavy atom. The van der Waals surface area contributed by atoms with Gasteiger partial charge in [-0.05, 0) is 23.3 Å². The van der Waals surface area contributed by atoms with Crippen LogP contribution in [-0.2, 0) is 11.2 Å². The number of hydrogen-bond donors (Lipinski definition) is 2. The first-order valence-electron chi connectivity index (χ1n) is 6.87. The minimum absolute atomic E-state index is 0.247. The number of nitrogens with two attached hydrogens (primary N) is 1. The van der Waals surface area contributed by atoms with Crippen LogP contribution < -0.4 is 11.1 Å². The molecule has 122 valence electrons. The summed E-state index contributed by atoms with van der Waals surface area (Å²) in [6.07, 6.45) is 4.76. The van der Waals surface area contributed by atoms with Crippen LogP contribution in [-0.4, -0.2) is 15.9 Å². The standard InChI is InChI=1S/C16H13Cl2N5O/c17-12-2-1-10(6-13(12)18)5-11-8-21-16(22-9-11)14(7-20)23-15(24)3-4-19/h1-2,6-9H,3,5,20H2,(H,23,24). The molecule has 0 fully saturated rings. The molecule has 6 nitrogen and oxygen atoms in total. The van der Waals surface area contributed by atoms with E-state index in [-0.39, 0.29) is 17.9 Å². The predicted octanol–water partition coefficient (Wildman–Crippen LogP) is 2.66. The van der Waals surface area contributed by atoms with E-state index in [2.05, 4.69) is 15.3 Å². The molecule has 0 unspecified atom stereocenters. The van der Waals surface area contributed by atoms with Gasteiger partial charge in [0.05, 0.1) is 16.1 Å². The Hall–Kier alpha value is -2.62. The average molecular weight is 362 g/mol. The Labute approximate surface area is 148 Å². The highest BCUT2D eigenvalue weighted by Crippen LogP contribution is 2.23. The summed E-state index contributed by atoms with van der Waals surface area (Å²) < 4.78 is 0. The molecule has 2 aromatic rings. The molecular weight excluding hydrogens is 349 g/mol. The first kappa shape index (κ1) is 17.7. The van der Waals surface area contributed by atoms with Gasteiger partial charge in [0.1, 0.15) is 12.1 Å². The van der Waals surface area contributed by atoms with Crippen molar-refractivity contribution in [1.29, 1.82) is 5.26 Å². The van der Waals surface area contributed by atoms with E-state index >= 15 is 0 Å². The second-order valence-electron chi connectivity index (χ2n) is 4.80. The third-order valence-corrected chi connectivity index (χ3v) is 3.76. The summed E-state index contributed by atoms with van der Waals surface area (Å²) in [5.74, 6) is -0.209. The summed E-state index contributed by atoms with van der Waals surface area (Å²) in [7, 11) is 0. The number of benzene rings is 1. The smallest absolute Gasteiger partial charge is 0.238 e. The zero-order valence-electron chi connectivity index (χ0n) is 12.5. The number of nitriles is 1. The molecule has 3 N–H and O–H groups in total. The first-order valence-corrected chi connectivity index (χ1v) is 7.63. The molecule has 0 spiro atoms. The van der Waals surface area contributed by atoms with Crippen molar-refractivity contribution in [3.05, 3.63) is 63.8 Å². The second kappa shape index (κ2) is 8.29. The Balaban J connectivity index is 2.10. The Bertz CT molecular complexity index is 812. The highest BCUT2D eigenvalue weighted by molar-refractivity contribution is 6.42. The summed E-state index contributed by atoms with van der Waals surface area (Å²) in [6.45, 7) is 0. The van der Waals surface area contributed by atoms with Crippen molar-refractivity contribution < 1.29 is 4.79 Å². The van der Waals surface area contributed by atoms with Gasteiger partial charge in [-0.25, -0.2) is 9.97 Å². The van der Waals surface area contributed by atoms with Crippen molar-refractivity contribution in [3.63, 3.8) is 0 Å². The summed E-state index contributed by atoms with van der Waals surface area (Å²) >= 11 is 11.9. The van der Waals surface area contributed by atoms with Crippen LogP contribution in [0, 0.1) is 11.3 Å². The zero-order valence-corrected chi connectivity index (χ0v) is 14.0. The molecular formula is C16H13Cl2N5O. The maximum absolute atomic E-state index is 11.4. The van der Waals surface area contributed by atoms with E-state index < -0.39 is 5.91 Å². The molecule has 1 amide bonds. The molecule has 1 heterocycles. The fraction of sp³-hybridized carbons (Fsp3) is 0.125. The number of amides is 1. The largest absolute Gasteiger partial charge is 0.403 e. The minimum atomic E-state index is -0.474. The molecule has 2 rings (SSSR count). The maximum atomic E-state index is 11.4. The number of halogens is 2. The maximum Gasteiger partial charge on any atom is 0.238 e. The number of rotatable bonds is 5. The SMILES string of the molecule is N#CCC(=O)NC(=CN)c1ncc(Cc2ccc(Cl)c(Cl)c2)cn1. The summed E-state index contributed by atoms with van der Waals surface area (Å²) in [5, 5.41) is 12.0. The van der Waals surface area contributed by atoms with E-state index in [1.807, 2.05) is 6.07 Å². The highest BCUT2D eigenvalue weighted by atomic mass is 35.5. The van der Waals surface area contributed by atoms with E-state index in [0.717, 1.165) is 11.1 Å². The normalized spacial score (nSPS) is 11.0. The van der Waals surface area contributed by atoms with Crippen molar-refractivity contribution in [2.75, 3.05) is 0 Å². The fourth-order valence-corrected chi connectivity index (χ4v) is 2.23. The van der Waals surface area contributed by atoms with Gasteiger partial charge in [0.25, 0.3) is 0 Å². The minimum Gasteiger partial charge on any atom is -0.403 e. The van der Waals surface area contributed by atoms with Gasteiger partial charge >= 0.3 is 0 Å². The first-order chi connectivity index (χ1) is 11.5. The van der Waals surface area contributed by atoms with Gasteiger partial charge in [-0.15, -0.1) is 0 Å². The highest BCUT2D eigenvalue weighted by Gasteiger charge is 2.09. The number of nitrogens with one attached hydrogen (secondary N) is 1. The lowest BCUT2D eigenvalue weighted by atomic mass is 10.1. The number of hydrogen-bond acceptors (Lipinski definition) is 5. The molecule has 0 bridgehead atoms. The lowest BCUT2D eigenvalue weighted by Crippen LogP contribution is -2.23. The number of nitrogens with zero attached hydrogens (tertiary/aromatic N) is 3. The van der Waals surface area contributed by atoms with Gasteiger partial charge in [-0.2, -0.15) is 5.26 Å². The van der Waals surface area contributed by atoms with Crippen LogP contribution in [0.1, 0.15) is 23.4 Å². The molecule has 24 heavy (non-hydrogen) atoms. The third-order valence-electron chi connectivity index (χ3n) is 3.02. The molecule has 0 radical (unpaired) electrons. The summed E-state index contributed by atoms with van der Waals surface area (Å²) in [5.41, 5.74) is 7.55. The van der Waals surface area contributed by atoms with Gasteiger partial charge in [0, 0.05) is 25.0 Å². The third kappa shape index (κ3) is 4.69. The summed E-state index contributed by atoms with van der Waals surface area (Å²) in [4.78, 5) is 19.8. The molecule has 0 atom stereocenters. The molecule has 0 saturated carbocycles. The molecule has 1 aromatic heterocycles. The van der Waals surface area contributed by atoms with Crippen molar-refractivity contribution in [2.45, 2.75) is 12.8 Å². The van der Waals surface area contributed by atoms with Gasteiger partial charge in [-0.3, -0.25) is 4.79 Å². The van der Waals surface area contributed by atoms with Crippen molar-refractivity contribution in [3.8, 4) is 6.07 Å². The molecule has 0 saturated heterocycles. The molecule has 0 aliphatic rings. The van der Waals surface area contributed by atoms with Gasteiger partial charge in [-0.1, -0.05) is 29.3 Å². The van der Waals surface area contributed by atoms with Crippen molar-refractivity contribution in [2.24, 2.45) is 5.73 Å². The molecule has 0 aliphatic heterocycles. The lowest BCUT2D eigenvalue weighted by Gasteiger charge is -2.07. The summed E-state index contributed by atoms with van der Waals surface area (Å²) in [6, 6.07) is 7.14. The van der Waals surface area contributed by atoms with Gasteiger partial charge < -0.3 is 11.1 Å². The second-order valence-corrected chi connectivity index (χ2v) is 5.62. The monoisotopic (exact) mass is 361 g/mol. The molecule has 0 aliphatic carbocycles.